The summed E-state index contributed by atoms with van der Waals surface area (Å²) in [7, 11) is 0. The fraction of sp³-hybridized carbons (Fsp3) is 0.267. The topological polar surface area (TPSA) is 55.1 Å². The largest absolute Gasteiger partial charge is 0.397 e. The van der Waals surface area contributed by atoms with Gasteiger partial charge in [0.05, 0.1) is 5.69 Å². The third-order valence-electron chi connectivity index (χ3n) is 3.14. The van der Waals surface area contributed by atoms with Crippen molar-refractivity contribution in [1.82, 2.24) is 0 Å². The van der Waals surface area contributed by atoms with Crippen molar-refractivity contribution in [2.24, 2.45) is 0 Å². The van der Waals surface area contributed by atoms with Gasteiger partial charge in [0.25, 0.3) is 5.91 Å². The zero-order valence-corrected chi connectivity index (χ0v) is 12.0. The number of nitrogens with two attached hydrogens (primary N) is 1. The highest BCUT2D eigenvalue weighted by molar-refractivity contribution is 7.12. The summed E-state index contributed by atoms with van der Waals surface area (Å²) in [4.78, 5) is 12.8. The lowest BCUT2D eigenvalue weighted by atomic mass is 10.0. The lowest BCUT2D eigenvalue weighted by molar-refractivity contribution is 0.103. The summed E-state index contributed by atoms with van der Waals surface area (Å²) in [6.45, 7) is 4.17. The van der Waals surface area contributed by atoms with E-state index < -0.39 is 0 Å². The van der Waals surface area contributed by atoms with Crippen molar-refractivity contribution in [1.29, 1.82) is 0 Å². The molecule has 0 unspecified atom stereocenters. The second-order valence-electron chi connectivity index (χ2n) is 4.32. The molecule has 3 nitrogen and oxygen atoms in total. The Kier molecular flexibility index (Phi) is 4.22. The van der Waals surface area contributed by atoms with E-state index in [0.717, 1.165) is 29.7 Å². The van der Waals surface area contributed by atoms with Crippen molar-refractivity contribution in [2.45, 2.75) is 26.7 Å². The fourth-order valence-corrected chi connectivity index (χ4v) is 2.79. The van der Waals surface area contributed by atoms with Gasteiger partial charge in [-0.15, -0.1) is 11.3 Å². The summed E-state index contributed by atoms with van der Waals surface area (Å²) in [5, 5.41) is 4.85. The minimum Gasteiger partial charge on any atom is -0.397 e. The molecule has 0 aliphatic rings. The first-order chi connectivity index (χ1) is 9.17. The van der Waals surface area contributed by atoms with Gasteiger partial charge in [-0.3, -0.25) is 4.79 Å². The number of nitrogens with one attached hydrogen (secondary N) is 1. The molecule has 0 spiro atoms. The fourth-order valence-electron chi connectivity index (χ4n) is 2.08. The van der Waals surface area contributed by atoms with Crippen LogP contribution >= 0.6 is 11.3 Å². The maximum absolute atomic E-state index is 12.3. The number of thiophene rings is 1. The van der Waals surface area contributed by atoms with Gasteiger partial charge in [0.2, 0.25) is 0 Å². The molecule has 3 N–H and O–H groups in total. The second kappa shape index (κ2) is 5.89. The Labute approximate surface area is 117 Å². The zero-order valence-electron chi connectivity index (χ0n) is 11.2. The quantitative estimate of drug-likeness (QED) is 0.893. The molecule has 0 bridgehead atoms. The molecule has 0 fully saturated rings. The van der Waals surface area contributed by atoms with Crippen molar-refractivity contribution >= 4 is 28.6 Å². The summed E-state index contributed by atoms with van der Waals surface area (Å²) in [6, 6.07) is 7.89. The maximum atomic E-state index is 12.3. The Morgan fingerprint density at radius 1 is 1.21 bits per heavy atom. The van der Waals surface area contributed by atoms with E-state index in [0.29, 0.717) is 10.6 Å². The molecule has 0 radical (unpaired) electrons. The molecule has 19 heavy (non-hydrogen) atoms. The number of aryl methyl sites for hydroxylation is 2. The van der Waals surface area contributed by atoms with Crippen LogP contribution in [0.2, 0.25) is 0 Å². The third-order valence-corrected chi connectivity index (χ3v) is 4.07. The Bertz CT molecular complexity index is 567. The van der Waals surface area contributed by atoms with Gasteiger partial charge >= 0.3 is 0 Å². The normalized spacial score (nSPS) is 10.4. The zero-order chi connectivity index (χ0) is 13.8. The van der Waals surface area contributed by atoms with Crippen LogP contribution in [0.25, 0.3) is 0 Å². The van der Waals surface area contributed by atoms with Crippen LogP contribution in [0.15, 0.2) is 29.6 Å². The lowest BCUT2D eigenvalue weighted by Crippen LogP contribution is -2.14. The highest BCUT2D eigenvalue weighted by Crippen LogP contribution is 2.25. The lowest BCUT2D eigenvalue weighted by Gasteiger charge is -2.14. The van der Waals surface area contributed by atoms with Gasteiger partial charge in [0, 0.05) is 5.69 Å². The van der Waals surface area contributed by atoms with Crippen molar-refractivity contribution in [3.8, 4) is 0 Å². The van der Waals surface area contributed by atoms with Crippen LogP contribution in [0.1, 0.15) is 34.6 Å². The van der Waals surface area contributed by atoms with Gasteiger partial charge in [-0.05, 0) is 35.4 Å². The predicted molar refractivity (Wildman–Crippen MR) is 81.9 cm³/mol. The number of hydrogen-bond donors (Lipinski definition) is 2. The summed E-state index contributed by atoms with van der Waals surface area (Å²) in [5.41, 5.74) is 9.57. The first-order valence-electron chi connectivity index (χ1n) is 6.42. The average Bonchev–Trinajstić information content (AvgIpc) is 2.85. The Morgan fingerprint density at radius 2 is 1.84 bits per heavy atom. The molecule has 1 heterocycles. The number of hydrogen-bond acceptors (Lipinski definition) is 3. The Balaban J connectivity index is 2.33. The van der Waals surface area contributed by atoms with E-state index in [1.807, 2.05) is 23.6 Å². The molecule has 2 aromatic rings. The van der Waals surface area contributed by atoms with Crippen LogP contribution in [0.5, 0.6) is 0 Å². The molecule has 0 atom stereocenters. The van der Waals surface area contributed by atoms with E-state index in [1.54, 1.807) is 6.07 Å². The van der Waals surface area contributed by atoms with E-state index >= 15 is 0 Å². The van der Waals surface area contributed by atoms with Crippen molar-refractivity contribution in [3.63, 3.8) is 0 Å². The number of amides is 1. The van der Waals surface area contributed by atoms with Crippen LogP contribution < -0.4 is 11.1 Å². The predicted octanol–water partition coefficient (Wildman–Crippen LogP) is 3.71. The molecule has 4 heteroatoms. The number of carbonyl (C=O) groups is 1. The van der Waals surface area contributed by atoms with E-state index in [1.165, 1.54) is 11.3 Å². The average molecular weight is 274 g/mol. The number of para-hydroxylation sites is 1. The Morgan fingerprint density at radius 3 is 2.32 bits per heavy atom. The van der Waals surface area contributed by atoms with Gasteiger partial charge in [0.15, 0.2) is 0 Å². The van der Waals surface area contributed by atoms with Crippen LogP contribution in [-0.2, 0) is 12.8 Å². The van der Waals surface area contributed by atoms with Gasteiger partial charge in [-0.25, -0.2) is 0 Å². The Hall–Kier alpha value is -1.81. The highest BCUT2D eigenvalue weighted by Gasteiger charge is 2.14. The van der Waals surface area contributed by atoms with Crippen LogP contribution in [0.3, 0.4) is 0 Å². The number of rotatable bonds is 4. The SMILES string of the molecule is CCc1cccc(CC)c1NC(=O)c1sccc1N. The summed E-state index contributed by atoms with van der Waals surface area (Å²) >= 11 is 1.37. The molecule has 0 saturated heterocycles. The van der Waals surface area contributed by atoms with Crippen LogP contribution in [-0.4, -0.2) is 5.91 Å². The van der Waals surface area contributed by atoms with E-state index in [-0.39, 0.29) is 5.91 Å². The van der Waals surface area contributed by atoms with Crippen LogP contribution in [0, 0.1) is 0 Å². The molecule has 1 amide bonds. The van der Waals surface area contributed by atoms with E-state index in [4.69, 9.17) is 5.73 Å². The second-order valence-corrected chi connectivity index (χ2v) is 5.23. The van der Waals surface area contributed by atoms with Crippen LogP contribution in [0.4, 0.5) is 11.4 Å². The minimum absolute atomic E-state index is 0.122. The highest BCUT2D eigenvalue weighted by atomic mass is 32.1. The van der Waals surface area contributed by atoms with Gasteiger partial charge in [-0.1, -0.05) is 32.0 Å². The molecule has 2 rings (SSSR count). The van der Waals surface area contributed by atoms with Gasteiger partial charge in [0.1, 0.15) is 4.88 Å². The van der Waals surface area contributed by atoms with E-state index in [2.05, 4.69) is 19.2 Å². The van der Waals surface area contributed by atoms with Gasteiger partial charge in [-0.2, -0.15) is 0 Å². The monoisotopic (exact) mass is 274 g/mol. The molecule has 1 aromatic carbocycles. The third kappa shape index (κ3) is 2.79. The van der Waals surface area contributed by atoms with Gasteiger partial charge < -0.3 is 11.1 Å². The molecular formula is C15H18N2OS. The first kappa shape index (κ1) is 13.6. The maximum Gasteiger partial charge on any atom is 0.267 e. The molecule has 100 valence electrons. The molecule has 1 aromatic heterocycles. The molecule has 0 saturated carbocycles. The number of carbonyl (C=O) groups excluding carboxylic acids is 1. The van der Waals surface area contributed by atoms with Crippen molar-refractivity contribution in [2.75, 3.05) is 11.1 Å². The number of anilines is 2. The smallest absolute Gasteiger partial charge is 0.267 e. The molecule has 0 aliphatic heterocycles. The first-order valence-corrected chi connectivity index (χ1v) is 7.30. The van der Waals surface area contributed by atoms with Crippen molar-refractivity contribution in [3.05, 3.63) is 45.6 Å². The summed E-state index contributed by atoms with van der Waals surface area (Å²) < 4.78 is 0. The molecule has 0 aliphatic carbocycles. The standard InChI is InChI=1S/C15H18N2OS/c1-3-10-6-5-7-11(4-2)13(10)17-15(18)14-12(16)8-9-19-14/h5-9H,3-4,16H2,1-2H3,(H,17,18). The van der Waals surface area contributed by atoms with Crippen molar-refractivity contribution < 1.29 is 4.79 Å². The number of nitrogen functional groups attached to an aromatic ring is 1. The molecular weight excluding hydrogens is 256 g/mol. The summed E-state index contributed by atoms with van der Waals surface area (Å²) in [6.07, 6.45) is 1.78. The van der Waals surface area contributed by atoms with E-state index in [9.17, 15) is 4.79 Å². The minimum atomic E-state index is -0.122. The number of benzene rings is 1. The summed E-state index contributed by atoms with van der Waals surface area (Å²) in [5.74, 6) is -0.122.